The number of anilines is 1. The van der Waals surface area contributed by atoms with Gasteiger partial charge in [-0.2, -0.15) is 23.0 Å². The van der Waals surface area contributed by atoms with E-state index in [2.05, 4.69) is 10.4 Å². The van der Waals surface area contributed by atoms with Crippen LogP contribution in [0.2, 0.25) is 0 Å². The lowest BCUT2D eigenvalue weighted by atomic mass is 10.0. The quantitative estimate of drug-likeness (QED) is 0.264. The number of amides is 1. The second kappa shape index (κ2) is 9.96. The van der Waals surface area contributed by atoms with Crippen LogP contribution < -0.4 is 15.6 Å². The summed E-state index contributed by atoms with van der Waals surface area (Å²) in [5.74, 6) is -2.07. The molecule has 2 aromatic carbocycles. The Hall–Kier alpha value is -4.34. The largest absolute Gasteiger partial charge is 0.416 e. The van der Waals surface area contributed by atoms with Crippen molar-refractivity contribution in [2.45, 2.75) is 19.1 Å². The fourth-order valence-corrected chi connectivity index (χ4v) is 3.75. The van der Waals surface area contributed by atoms with Crippen molar-refractivity contribution in [3.63, 3.8) is 0 Å². The molecule has 1 heterocycles. The van der Waals surface area contributed by atoms with Crippen molar-refractivity contribution in [1.29, 1.82) is 0 Å². The zero-order chi connectivity index (χ0) is 27.7. The molecular weight excluding hydrogens is 526 g/mol. The first-order valence-corrected chi connectivity index (χ1v) is 12.0. The van der Waals surface area contributed by atoms with Crippen LogP contribution in [0, 0.1) is 15.9 Å². The minimum absolute atomic E-state index is 0.296. The Balaban J connectivity index is 2.09. The maximum atomic E-state index is 14.3. The summed E-state index contributed by atoms with van der Waals surface area (Å²) in [6.07, 6.45) is -4.20. The predicted octanol–water partition coefficient (Wildman–Crippen LogP) is 3.16. The number of alkyl halides is 3. The van der Waals surface area contributed by atoms with Gasteiger partial charge in [-0.15, -0.1) is 0 Å². The molecule has 2 N–H and O–H groups in total. The van der Waals surface area contributed by atoms with Gasteiger partial charge in [0.25, 0.3) is 17.2 Å². The Morgan fingerprint density at radius 2 is 1.81 bits per heavy atom. The number of aromatic nitrogens is 2. The van der Waals surface area contributed by atoms with Crippen LogP contribution in [0.1, 0.15) is 34.6 Å². The van der Waals surface area contributed by atoms with Gasteiger partial charge in [0, 0.05) is 18.2 Å². The molecule has 0 spiro atoms. The fraction of sp³-hybridized carbons (Fsp3) is 0.190. The molecule has 16 heteroatoms. The molecule has 11 nitrogen and oxygen atoms in total. The lowest BCUT2D eigenvalue weighted by molar-refractivity contribution is -0.385. The van der Waals surface area contributed by atoms with Gasteiger partial charge >= 0.3 is 6.18 Å². The minimum Gasteiger partial charge on any atom is -0.344 e. The van der Waals surface area contributed by atoms with Gasteiger partial charge in [0.1, 0.15) is 11.5 Å². The molecule has 0 aliphatic heterocycles. The highest BCUT2D eigenvalue weighted by Crippen LogP contribution is 2.34. The van der Waals surface area contributed by atoms with Crippen molar-refractivity contribution in [3.8, 4) is 5.69 Å². The van der Waals surface area contributed by atoms with E-state index in [0.29, 0.717) is 22.9 Å². The smallest absolute Gasteiger partial charge is 0.344 e. The first-order valence-electron chi connectivity index (χ1n) is 10.1. The third kappa shape index (κ3) is 6.46. The summed E-state index contributed by atoms with van der Waals surface area (Å²) in [5.41, 5.74) is -5.18. The zero-order valence-corrected chi connectivity index (χ0v) is 19.7. The Kier molecular flexibility index (Phi) is 7.34. The number of hydrogen-bond donors (Lipinski definition) is 2. The number of benzene rings is 2. The standard InChI is InChI=1S/C21H17F4N5O6S/c1-11(12-7-13(21(23,24)25)9-14(8-12)30(33)34)26-20(32)19-16(28-37(2,35)36)10-18(31)29(27-19)17-6-4-3-5-15(17)22/h3-11,28H,1-2H3,(H,26,32). The molecule has 3 rings (SSSR count). The summed E-state index contributed by atoms with van der Waals surface area (Å²) in [5, 5.41) is 17.2. The number of nitro benzene ring substituents is 1. The number of nitro groups is 1. The number of rotatable bonds is 7. The molecule has 0 saturated heterocycles. The summed E-state index contributed by atoms with van der Waals surface area (Å²) in [4.78, 5) is 35.7. The van der Waals surface area contributed by atoms with E-state index in [4.69, 9.17) is 0 Å². The number of para-hydroxylation sites is 1. The number of sulfonamides is 1. The second-order valence-electron chi connectivity index (χ2n) is 7.75. The van der Waals surface area contributed by atoms with Crippen molar-refractivity contribution in [2.75, 3.05) is 11.0 Å². The number of carbonyl (C=O) groups is 1. The molecule has 0 aliphatic carbocycles. The van der Waals surface area contributed by atoms with Gasteiger partial charge in [0.05, 0.1) is 28.5 Å². The predicted molar refractivity (Wildman–Crippen MR) is 122 cm³/mol. The van der Waals surface area contributed by atoms with Crippen LogP contribution in [0.25, 0.3) is 5.69 Å². The van der Waals surface area contributed by atoms with Crippen molar-refractivity contribution in [1.82, 2.24) is 15.1 Å². The fourth-order valence-electron chi connectivity index (χ4n) is 3.20. The summed E-state index contributed by atoms with van der Waals surface area (Å²) < 4.78 is 79.9. The Bertz CT molecular complexity index is 1560. The summed E-state index contributed by atoms with van der Waals surface area (Å²) in [6.45, 7) is 1.22. The molecule has 1 unspecified atom stereocenters. The summed E-state index contributed by atoms with van der Waals surface area (Å²) in [6, 6.07) is 6.02. The average molecular weight is 543 g/mol. The SMILES string of the molecule is CC(NC(=O)c1nn(-c2ccccc2F)c(=O)cc1NS(C)(=O)=O)c1cc([N+](=O)[O-])cc(C(F)(F)F)c1. The third-order valence-electron chi connectivity index (χ3n) is 4.85. The number of carbonyl (C=O) groups excluding carboxylic acids is 1. The van der Waals surface area contributed by atoms with Crippen LogP contribution in [0.4, 0.5) is 28.9 Å². The van der Waals surface area contributed by atoms with Crippen LogP contribution in [-0.4, -0.2) is 35.3 Å². The van der Waals surface area contributed by atoms with E-state index in [1.807, 2.05) is 4.72 Å². The van der Waals surface area contributed by atoms with Gasteiger partial charge in [-0.25, -0.2) is 12.8 Å². The number of nitrogens with one attached hydrogen (secondary N) is 2. The molecule has 0 aliphatic rings. The highest BCUT2D eigenvalue weighted by molar-refractivity contribution is 7.92. The molecule has 1 atom stereocenters. The highest BCUT2D eigenvalue weighted by atomic mass is 32.2. The molecule has 3 aromatic rings. The van der Waals surface area contributed by atoms with Crippen LogP contribution in [0.15, 0.2) is 53.3 Å². The van der Waals surface area contributed by atoms with Gasteiger partial charge in [0.15, 0.2) is 5.69 Å². The molecule has 1 aromatic heterocycles. The third-order valence-corrected chi connectivity index (χ3v) is 5.44. The topological polar surface area (TPSA) is 153 Å². The van der Waals surface area contributed by atoms with Gasteiger partial charge < -0.3 is 5.32 Å². The molecular formula is C21H17F4N5O6S. The van der Waals surface area contributed by atoms with E-state index in [-0.39, 0.29) is 11.3 Å². The van der Waals surface area contributed by atoms with Crippen LogP contribution in [0.3, 0.4) is 0 Å². The lowest BCUT2D eigenvalue weighted by Gasteiger charge is -2.18. The first kappa shape index (κ1) is 27.3. The summed E-state index contributed by atoms with van der Waals surface area (Å²) in [7, 11) is -4.05. The van der Waals surface area contributed by atoms with Crippen molar-refractivity contribution < 1.29 is 35.7 Å². The van der Waals surface area contributed by atoms with Crippen LogP contribution in [-0.2, 0) is 16.2 Å². The first-order chi connectivity index (χ1) is 17.1. The molecule has 0 saturated carbocycles. The van der Waals surface area contributed by atoms with Crippen molar-refractivity contribution >= 4 is 27.3 Å². The highest BCUT2D eigenvalue weighted by Gasteiger charge is 2.33. The van der Waals surface area contributed by atoms with E-state index >= 15 is 0 Å². The molecule has 37 heavy (non-hydrogen) atoms. The molecule has 196 valence electrons. The zero-order valence-electron chi connectivity index (χ0n) is 18.9. The Labute approximate surface area is 205 Å². The average Bonchev–Trinajstić information content (AvgIpc) is 2.77. The summed E-state index contributed by atoms with van der Waals surface area (Å²) >= 11 is 0. The maximum absolute atomic E-state index is 14.3. The molecule has 0 bridgehead atoms. The van der Waals surface area contributed by atoms with Gasteiger partial charge in [-0.05, 0) is 30.7 Å². The van der Waals surface area contributed by atoms with Crippen LogP contribution in [0.5, 0.6) is 0 Å². The van der Waals surface area contributed by atoms with E-state index in [1.54, 1.807) is 0 Å². The second-order valence-corrected chi connectivity index (χ2v) is 9.49. The molecule has 0 fully saturated rings. The monoisotopic (exact) mass is 543 g/mol. The van der Waals surface area contributed by atoms with Crippen molar-refractivity contribution in [3.05, 3.63) is 91.6 Å². The number of non-ortho nitro benzene ring substituents is 1. The number of hydrogen-bond acceptors (Lipinski definition) is 7. The molecule has 0 radical (unpaired) electrons. The van der Waals surface area contributed by atoms with E-state index in [0.717, 1.165) is 18.4 Å². The minimum atomic E-state index is -4.92. The molecule has 1 amide bonds. The normalized spacial score (nSPS) is 12.6. The van der Waals surface area contributed by atoms with Gasteiger partial charge in [-0.3, -0.25) is 24.4 Å². The van der Waals surface area contributed by atoms with E-state index in [1.165, 1.54) is 25.1 Å². The van der Waals surface area contributed by atoms with Crippen molar-refractivity contribution in [2.24, 2.45) is 0 Å². The van der Waals surface area contributed by atoms with Crippen LogP contribution >= 0.6 is 0 Å². The number of nitrogens with zero attached hydrogens (tertiary/aromatic N) is 3. The van der Waals surface area contributed by atoms with E-state index < -0.39 is 67.1 Å². The number of halogens is 4. The van der Waals surface area contributed by atoms with E-state index in [9.17, 15) is 45.7 Å². The Morgan fingerprint density at radius 3 is 2.38 bits per heavy atom. The van der Waals surface area contributed by atoms with Gasteiger partial charge in [0.2, 0.25) is 10.0 Å². The van der Waals surface area contributed by atoms with Gasteiger partial charge in [-0.1, -0.05) is 12.1 Å². The lowest BCUT2D eigenvalue weighted by Crippen LogP contribution is -2.33. The maximum Gasteiger partial charge on any atom is 0.416 e. The Morgan fingerprint density at radius 1 is 1.16 bits per heavy atom.